The molecule has 0 saturated carbocycles. The van der Waals surface area contributed by atoms with Gasteiger partial charge in [0.15, 0.2) is 6.10 Å². The molecule has 0 spiro atoms. The van der Waals surface area contributed by atoms with Crippen molar-refractivity contribution in [1.29, 1.82) is 0 Å². The lowest BCUT2D eigenvalue weighted by Gasteiger charge is -2.40. The molecule has 4 rings (SSSR count). The van der Waals surface area contributed by atoms with Crippen LogP contribution in [0.3, 0.4) is 0 Å². The van der Waals surface area contributed by atoms with Gasteiger partial charge in [-0.05, 0) is 88.8 Å². The second-order valence-electron chi connectivity index (χ2n) is 12.7. The molecule has 1 saturated heterocycles. The summed E-state index contributed by atoms with van der Waals surface area (Å²) in [4.78, 5) is 24.2. The molecule has 2 N–H and O–H groups in total. The Labute approximate surface area is 254 Å². The smallest absolute Gasteiger partial charge is 0.337 e. The van der Waals surface area contributed by atoms with Crippen LogP contribution >= 0.6 is 11.6 Å². The zero-order valence-electron chi connectivity index (χ0n) is 25.8. The molecule has 1 aliphatic heterocycles. The van der Waals surface area contributed by atoms with Gasteiger partial charge >= 0.3 is 5.97 Å². The van der Waals surface area contributed by atoms with Gasteiger partial charge < -0.3 is 24.8 Å². The van der Waals surface area contributed by atoms with Crippen LogP contribution in [0.25, 0.3) is 11.1 Å². The molecule has 1 atom stereocenters. The van der Waals surface area contributed by atoms with Crippen molar-refractivity contribution in [3.05, 3.63) is 64.6 Å². The number of aromatic nitrogens is 2. The van der Waals surface area contributed by atoms with E-state index in [1.807, 2.05) is 71.1 Å². The topological polar surface area (TPSA) is 96.8 Å². The van der Waals surface area contributed by atoms with Crippen LogP contribution in [0.4, 0.5) is 11.5 Å². The Bertz CT molecular complexity index is 1390. The number of anilines is 2. The second kappa shape index (κ2) is 12.9. The zero-order chi connectivity index (χ0) is 30.7. The lowest BCUT2D eigenvalue weighted by Crippen LogP contribution is -2.39. The van der Waals surface area contributed by atoms with Gasteiger partial charge in [-0.15, -0.1) is 0 Å². The van der Waals surface area contributed by atoms with Gasteiger partial charge in [0.1, 0.15) is 18.2 Å². The first kappa shape index (κ1) is 31.6. The van der Waals surface area contributed by atoms with E-state index in [1.54, 1.807) is 6.20 Å². The first-order valence-electron chi connectivity index (χ1n) is 14.5. The van der Waals surface area contributed by atoms with Crippen molar-refractivity contribution >= 4 is 29.1 Å². The van der Waals surface area contributed by atoms with Crippen LogP contribution in [0.2, 0.25) is 5.02 Å². The Kier molecular flexibility index (Phi) is 9.68. The highest BCUT2D eigenvalue weighted by atomic mass is 35.5. The fourth-order valence-corrected chi connectivity index (χ4v) is 5.40. The minimum atomic E-state index is -1.15. The molecule has 0 unspecified atom stereocenters. The predicted octanol–water partition coefficient (Wildman–Crippen LogP) is 7.47. The van der Waals surface area contributed by atoms with E-state index in [0.29, 0.717) is 29.4 Å². The highest BCUT2D eigenvalue weighted by Crippen LogP contribution is 2.43. The number of nitrogens with zero attached hydrogens (tertiary/aromatic N) is 3. The lowest BCUT2D eigenvalue weighted by molar-refractivity contribution is -0.160. The van der Waals surface area contributed by atoms with Crippen LogP contribution < -0.4 is 15.0 Å². The first-order valence-corrected chi connectivity index (χ1v) is 14.9. The summed E-state index contributed by atoms with van der Waals surface area (Å²) in [5.41, 5.74) is 4.40. The maximum Gasteiger partial charge on any atom is 0.337 e. The van der Waals surface area contributed by atoms with Gasteiger partial charge in [0, 0.05) is 52.9 Å². The van der Waals surface area contributed by atoms with Gasteiger partial charge in [-0.2, -0.15) is 0 Å². The molecule has 226 valence electrons. The standard InChI is InChI=1S/C33H43ClN4O4/c1-21-18-24(34)9-10-26(21)41-17-14-35-27-11-8-23(19-37-27)25-20-36-22(2)28(30(31(39)40)42-32(3,4)5)29(25)38-15-12-33(6,7)13-16-38/h8-11,18-20,30H,12-17H2,1-7H3,(H,35,37)(H,39,40)/t30-/m0/s1. The van der Waals surface area contributed by atoms with Crippen molar-refractivity contribution in [3.8, 4) is 16.9 Å². The van der Waals surface area contributed by atoms with Gasteiger partial charge in [-0.3, -0.25) is 4.98 Å². The number of piperidine rings is 1. The fourth-order valence-electron chi connectivity index (χ4n) is 5.17. The van der Waals surface area contributed by atoms with Crippen molar-refractivity contribution in [2.24, 2.45) is 5.41 Å². The van der Waals surface area contributed by atoms with Gasteiger partial charge in [-0.25, -0.2) is 9.78 Å². The number of ether oxygens (including phenoxy) is 2. The Hall–Kier alpha value is -3.36. The van der Waals surface area contributed by atoms with Crippen LogP contribution in [-0.4, -0.2) is 52.9 Å². The summed E-state index contributed by atoms with van der Waals surface area (Å²) in [5, 5.41) is 14.3. The van der Waals surface area contributed by atoms with Crippen molar-refractivity contribution < 1.29 is 19.4 Å². The van der Waals surface area contributed by atoms with Gasteiger partial charge in [0.25, 0.3) is 0 Å². The van der Waals surface area contributed by atoms with E-state index in [9.17, 15) is 9.90 Å². The zero-order valence-corrected chi connectivity index (χ0v) is 26.5. The summed E-state index contributed by atoms with van der Waals surface area (Å²) in [6.45, 7) is 16.7. The molecular weight excluding hydrogens is 552 g/mol. The van der Waals surface area contributed by atoms with Gasteiger partial charge in [0.2, 0.25) is 0 Å². The average Bonchev–Trinajstić information content (AvgIpc) is 2.91. The molecule has 42 heavy (non-hydrogen) atoms. The predicted molar refractivity (Wildman–Crippen MR) is 169 cm³/mol. The summed E-state index contributed by atoms with van der Waals surface area (Å²) in [5.74, 6) is 0.492. The first-order chi connectivity index (χ1) is 19.7. The van der Waals surface area contributed by atoms with Crippen LogP contribution in [0.15, 0.2) is 42.7 Å². The molecule has 0 radical (unpaired) electrons. The summed E-state index contributed by atoms with van der Waals surface area (Å²) in [7, 11) is 0. The molecule has 0 bridgehead atoms. The summed E-state index contributed by atoms with van der Waals surface area (Å²) in [6, 6.07) is 9.48. The third-order valence-corrected chi connectivity index (χ3v) is 7.79. The number of nitrogens with one attached hydrogen (secondary N) is 1. The van der Waals surface area contributed by atoms with E-state index < -0.39 is 17.7 Å². The summed E-state index contributed by atoms with van der Waals surface area (Å²) in [6.07, 6.45) is 4.49. The van der Waals surface area contributed by atoms with Crippen LogP contribution in [-0.2, 0) is 9.53 Å². The van der Waals surface area contributed by atoms with E-state index in [2.05, 4.69) is 34.0 Å². The number of aliphatic carboxylic acids is 1. The molecule has 1 aliphatic rings. The van der Waals surface area contributed by atoms with E-state index >= 15 is 0 Å². The minimum Gasteiger partial charge on any atom is -0.491 e. The molecule has 1 fully saturated rings. The fraction of sp³-hybridized carbons (Fsp3) is 0.485. The largest absolute Gasteiger partial charge is 0.491 e. The lowest BCUT2D eigenvalue weighted by atomic mass is 9.82. The molecule has 2 aromatic heterocycles. The summed E-state index contributed by atoms with van der Waals surface area (Å²) >= 11 is 6.04. The van der Waals surface area contributed by atoms with E-state index in [-0.39, 0.29) is 5.41 Å². The Morgan fingerprint density at radius 1 is 1.12 bits per heavy atom. The number of halogens is 1. The summed E-state index contributed by atoms with van der Waals surface area (Å²) < 4.78 is 12.0. The van der Waals surface area contributed by atoms with Gasteiger partial charge in [0.05, 0.1) is 17.8 Å². The quantitative estimate of drug-likeness (QED) is 0.233. The number of carbonyl (C=O) groups is 1. The molecule has 8 nitrogen and oxygen atoms in total. The van der Waals surface area contributed by atoms with E-state index in [1.165, 1.54) is 0 Å². The van der Waals surface area contributed by atoms with Crippen molar-refractivity contribution in [2.75, 3.05) is 36.5 Å². The van der Waals surface area contributed by atoms with Crippen LogP contribution in [0, 0.1) is 19.3 Å². The molecule has 0 aliphatic carbocycles. The minimum absolute atomic E-state index is 0.234. The van der Waals surface area contributed by atoms with Crippen LogP contribution in [0.5, 0.6) is 5.75 Å². The SMILES string of the molecule is Cc1cc(Cl)ccc1OCCNc1ccc(-c2cnc(C)c([C@H](OC(C)(C)C)C(=O)O)c2N2CCC(C)(C)CC2)cn1. The molecule has 3 heterocycles. The van der Waals surface area contributed by atoms with E-state index in [4.69, 9.17) is 21.1 Å². The molecule has 1 aromatic carbocycles. The molecular formula is C33H43ClN4O4. The number of hydrogen-bond acceptors (Lipinski definition) is 7. The highest BCUT2D eigenvalue weighted by molar-refractivity contribution is 6.30. The van der Waals surface area contributed by atoms with Crippen molar-refractivity contribution in [2.45, 2.75) is 73.0 Å². The molecule has 3 aromatic rings. The van der Waals surface area contributed by atoms with Gasteiger partial charge in [-0.1, -0.05) is 25.4 Å². The number of carboxylic acid groups (broad SMARTS) is 1. The van der Waals surface area contributed by atoms with E-state index in [0.717, 1.165) is 59.9 Å². The normalized spacial score (nSPS) is 15.8. The number of rotatable bonds is 10. The number of carboxylic acids is 1. The molecule has 9 heteroatoms. The molecule has 0 amide bonds. The maximum atomic E-state index is 12.6. The Balaban J connectivity index is 1.61. The second-order valence-corrected chi connectivity index (χ2v) is 13.2. The highest BCUT2D eigenvalue weighted by Gasteiger charge is 2.35. The third kappa shape index (κ3) is 7.92. The number of pyridine rings is 2. The maximum absolute atomic E-state index is 12.6. The van der Waals surface area contributed by atoms with Crippen molar-refractivity contribution in [1.82, 2.24) is 9.97 Å². The number of benzene rings is 1. The number of aryl methyl sites for hydroxylation is 2. The van der Waals surface area contributed by atoms with Crippen molar-refractivity contribution in [3.63, 3.8) is 0 Å². The third-order valence-electron chi connectivity index (χ3n) is 7.56. The Morgan fingerprint density at radius 3 is 2.43 bits per heavy atom. The Morgan fingerprint density at radius 2 is 1.83 bits per heavy atom. The number of hydrogen-bond donors (Lipinski definition) is 2. The average molecular weight is 595 g/mol. The monoisotopic (exact) mass is 594 g/mol. The van der Waals surface area contributed by atoms with Crippen LogP contribution in [0.1, 0.15) is 70.4 Å².